The smallest absolute Gasteiger partial charge is 0.157 e. The van der Waals surface area contributed by atoms with Crippen molar-refractivity contribution in [1.29, 1.82) is 0 Å². The third-order valence-electron chi connectivity index (χ3n) is 2.68. The molecular formula is C13H15ClN2O3S. The van der Waals surface area contributed by atoms with Crippen LogP contribution in [0.4, 0.5) is 0 Å². The van der Waals surface area contributed by atoms with Gasteiger partial charge in [-0.2, -0.15) is 5.10 Å². The number of aromatic nitrogens is 2. The summed E-state index contributed by atoms with van der Waals surface area (Å²) in [6.45, 7) is 0.155. The fourth-order valence-electron chi connectivity index (χ4n) is 1.91. The number of sulfone groups is 1. The maximum absolute atomic E-state index is 12.0. The average Bonchev–Trinajstić information content (AvgIpc) is 2.79. The van der Waals surface area contributed by atoms with Gasteiger partial charge in [-0.25, -0.2) is 8.42 Å². The van der Waals surface area contributed by atoms with Crippen LogP contribution in [0.1, 0.15) is 5.56 Å². The van der Waals surface area contributed by atoms with E-state index in [2.05, 4.69) is 5.10 Å². The van der Waals surface area contributed by atoms with Crippen LogP contribution < -0.4 is 0 Å². The number of hydrogen-bond acceptors (Lipinski definition) is 4. The van der Waals surface area contributed by atoms with E-state index in [0.29, 0.717) is 10.6 Å². The maximum Gasteiger partial charge on any atom is 0.157 e. The summed E-state index contributed by atoms with van der Waals surface area (Å²) < 4.78 is 25.5. The molecule has 5 nitrogen and oxygen atoms in total. The fraction of sp³-hybridized carbons (Fsp3) is 0.308. The van der Waals surface area contributed by atoms with Crippen LogP contribution in [0.25, 0.3) is 0 Å². The van der Waals surface area contributed by atoms with E-state index in [1.54, 1.807) is 42.7 Å². The Kier molecular flexibility index (Phi) is 4.80. The minimum atomic E-state index is -3.40. The van der Waals surface area contributed by atoms with Gasteiger partial charge < -0.3 is 5.11 Å². The summed E-state index contributed by atoms with van der Waals surface area (Å²) in [5.41, 5.74) is 0.615. The van der Waals surface area contributed by atoms with Gasteiger partial charge in [-0.3, -0.25) is 4.68 Å². The number of nitrogens with zero attached hydrogens (tertiary/aromatic N) is 2. The SMILES string of the molecule is O=S(=O)(Cc1cccc(Cl)c1)C[C@H](O)Cn1cccn1. The van der Waals surface area contributed by atoms with Crippen LogP contribution in [0.5, 0.6) is 0 Å². The van der Waals surface area contributed by atoms with Crippen molar-refractivity contribution < 1.29 is 13.5 Å². The van der Waals surface area contributed by atoms with Gasteiger partial charge in [0.1, 0.15) is 0 Å². The van der Waals surface area contributed by atoms with Crippen LogP contribution in [-0.2, 0) is 22.1 Å². The second-order valence-electron chi connectivity index (χ2n) is 4.57. The maximum atomic E-state index is 12.0. The second kappa shape index (κ2) is 6.39. The molecule has 20 heavy (non-hydrogen) atoms. The largest absolute Gasteiger partial charge is 0.390 e. The predicted octanol–water partition coefficient (Wildman–Crippen LogP) is 1.51. The second-order valence-corrected chi connectivity index (χ2v) is 7.11. The van der Waals surface area contributed by atoms with E-state index < -0.39 is 15.9 Å². The molecule has 0 amide bonds. The summed E-state index contributed by atoms with van der Waals surface area (Å²) in [5.74, 6) is -0.441. The first-order valence-corrected chi connectivity index (χ1v) is 8.25. The molecule has 2 rings (SSSR count). The molecule has 0 unspecified atom stereocenters. The van der Waals surface area contributed by atoms with Gasteiger partial charge in [0, 0.05) is 17.4 Å². The third-order valence-corrected chi connectivity index (χ3v) is 4.58. The third kappa shape index (κ3) is 4.63. The van der Waals surface area contributed by atoms with E-state index in [0.717, 1.165) is 0 Å². The van der Waals surface area contributed by atoms with E-state index >= 15 is 0 Å². The van der Waals surface area contributed by atoms with E-state index in [-0.39, 0.29) is 18.1 Å². The van der Waals surface area contributed by atoms with Crippen molar-refractivity contribution in [1.82, 2.24) is 9.78 Å². The number of hydrogen-bond donors (Lipinski definition) is 1. The molecule has 0 aliphatic heterocycles. The summed E-state index contributed by atoms with van der Waals surface area (Å²) in [4.78, 5) is 0. The van der Waals surface area contributed by atoms with Gasteiger partial charge in [0.25, 0.3) is 0 Å². The lowest BCUT2D eigenvalue weighted by Crippen LogP contribution is -2.26. The molecule has 7 heteroatoms. The highest BCUT2D eigenvalue weighted by Crippen LogP contribution is 2.14. The average molecular weight is 315 g/mol. The minimum absolute atomic E-state index is 0.135. The van der Waals surface area contributed by atoms with Crippen LogP contribution in [-0.4, -0.2) is 35.2 Å². The van der Waals surface area contributed by atoms with Gasteiger partial charge in [-0.05, 0) is 23.8 Å². The molecule has 0 spiro atoms. The molecule has 0 saturated heterocycles. The summed E-state index contributed by atoms with van der Waals surface area (Å²) in [5, 5.41) is 14.2. The van der Waals surface area contributed by atoms with Gasteiger partial charge in [0.05, 0.1) is 24.2 Å². The highest BCUT2D eigenvalue weighted by Gasteiger charge is 2.18. The van der Waals surface area contributed by atoms with Gasteiger partial charge in [-0.1, -0.05) is 23.7 Å². The molecule has 108 valence electrons. The lowest BCUT2D eigenvalue weighted by atomic mass is 10.2. The first-order valence-electron chi connectivity index (χ1n) is 6.05. The summed E-state index contributed by atoms with van der Waals surface area (Å²) in [6.07, 6.45) is 2.26. The summed E-state index contributed by atoms with van der Waals surface area (Å²) in [6, 6.07) is 8.41. The zero-order valence-corrected chi connectivity index (χ0v) is 12.3. The molecule has 0 radical (unpaired) electrons. The molecule has 2 aromatic rings. The zero-order valence-electron chi connectivity index (χ0n) is 10.7. The molecule has 1 N–H and O–H groups in total. The lowest BCUT2D eigenvalue weighted by Gasteiger charge is -2.11. The molecule has 1 aromatic carbocycles. The number of halogens is 1. The Balaban J connectivity index is 1.96. The number of benzene rings is 1. The van der Waals surface area contributed by atoms with Crippen molar-refractivity contribution in [2.75, 3.05) is 5.75 Å². The molecule has 0 bridgehead atoms. The Labute approximate surface area is 122 Å². The molecule has 0 aliphatic rings. The van der Waals surface area contributed by atoms with E-state index in [1.807, 2.05) is 0 Å². The van der Waals surface area contributed by atoms with E-state index in [9.17, 15) is 13.5 Å². The zero-order chi connectivity index (χ0) is 14.6. The Morgan fingerprint density at radius 1 is 1.35 bits per heavy atom. The van der Waals surface area contributed by atoms with Crippen LogP contribution in [0, 0.1) is 0 Å². The van der Waals surface area contributed by atoms with Crippen molar-refractivity contribution in [3.05, 3.63) is 53.3 Å². The first-order chi connectivity index (χ1) is 9.44. The van der Waals surface area contributed by atoms with Crippen molar-refractivity contribution in [3.8, 4) is 0 Å². The van der Waals surface area contributed by atoms with Crippen molar-refractivity contribution in [2.45, 2.75) is 18.4 Å². The van der Waals surface area contributed by atoms with Crippen molar-refractivity contribution in [3.63, 3.8) is 0 Å². The van der Waals surface area contributed by atoms with Crippen LogP contribution in [0.15, 0.2) is 42.7 Å². The molecule has 1 heterocycles. The van der Waals surface area contributed by atoms with Gasteiger partial charge in [0.2, 0.25) is 0 Å². The van der Waals surface area contributed by atoms with E-state index in [1.165, 1.54) is 4.68 Å². The van der Waals surface area contributed by atoms with Crippen LogP contribution in [0.3, 0.4) is 0 Å². The molecule has 1 atom stereocenters. The highest BCUT2D eigenvalue weighted by molar-refractivity contribution is 7.90. The van der Waals surface area contributed by atoms with Crippen LogP contribution >= 0.6 is 11.6 Å². The fourth-order valence-corrected chi connectivity index (χ4v) is 3.62. The number of rotatable bonds is 6. The molecule has 0 aliphatic carbocycles. The van der Waals surface area contributed by atoms with Gasteiger partial charge in [0.15, 0.2) is 9.84 Å². The molecule has 0 saturated carbocycles. The lowest BCUT2D eigenvalue weighted by molar-refractivity contribution is 0.171. The van der Waals surface area contributed by atoms with Crippen molar-refractivity contribution in [2.24, 2.45) is 0 Å². The standard InChI is InChI=1S/C13H15ClN2O3S/c14-12-4-1-3-11(7-12)9-20(18,19)10-13(17)8-16-6-2-5-15-16/h1-7,13,17H,8-10H2/t13-/m1/s1. The first kappa shape index (κ1) is 15.0. The molecule has 1 aromatic heterocycles. The van der Waals surface area contributed by atoms with E-state index in [4.69, 9.17) is 11.6 Å². The van der Waals surface area contributed by atoms with Gasteiger partial charge >= 0.3 is 0 Å². The normalized spacial score (nSPS) is 13.3. The summed E-state index contributed by atoms with van der Waals surface area (Å²) in [7, 11) is -3.40. The Morgan fingerprint density at radius 3 is 2.80 bits per heavy atom. The van der Waals surface area contributed by atoms with Crippen molar-refractivity contribution >= 4 is 21.4 Å². The minimum Gasteiger partial charge on any atom is -0.390 e. The predicted molar refractivity (Wildman–Crippen MR) is 77.2 cm³/mol. The Bertz CT molecular complexity index is 656. The van der Waals surface area contributed by atoms with Crippen LogP contribution in [0.2, 0.25) is 5.02 Å². The van der Waals surface area contributed by atoms with Gasteiger partial charge in [-0.15, -0.1) is 0 Å². The molecule has 0 fully saturated rings. The topological polar surface area (TPSA) is 72.2 Å². The Hall–Kier alpha value is -1.37. The highest BCUT2D eigenvalue weighted by atomic mass is 35.5. The Morgan fingerprint density at radius 2 is 2.15 bits per heavy atom. The monoisotopic (exact) mass is 314 g/mol. The number of aliphatic hydroxyl groups excluding tert-OH is 1. The molecular weight excluding hydrogens is 300 g/mol. The number of aliphatic hydroxyl groups is 1. The summed E-state index contributed by atoms with van der Waals surface area (Å²) >= 11 is 5.82. The quantitative estimate of drug-likeness (QED) is 0.877.